The molecule has 16 heavy (non-hydrogen) atoms. The maximum absolute atomic E-state index is 11.9. The van der Waals surface area contributed by atoms with Crippen molar-refractivity contribution < 1.29 is 19.8 Å². The zero-order chi connectivity index (χ0) is 12.1. The maximum atomic E-state index is 11.9. The molecule has 1 heterocycles. The average molecular weight is 230 g/mol. The van der Waals surface area contributed by atoms with Crippen molar-refractivity contribution in [3.63, 3.8) is 0 Å². The Bertz CT molecular complexity index is 262. The van der Waals surface area contributed by atoms with E-state index in [1.54, 1.807) is 11.8 Å². The molecule has 0 aromatic carbocycles. The molecule has 0 spiro atoms. The molecule has 0 aliphatic carbocycles. The molecule has 2 amide bonds. The second-order valence-electron chi connectivity index (χ2n) is 3.91. The van der Waals surface area contributed by atoms with Crippen molar-refractivity contribution in [1.82, 2.24) is 9.80 Å². The molecule has 0 aromatic rings. The van der Waals surface area contributed by atoms with Crippen molar-refractivity contribution in [2.75, 3.05) is 26.2 Å². The summed E-state index contributed by atoms with van der Waals surface area (Å²) in [5, 5.41) is 18.0. The van der Waals surface area contributed by atoms with Gasteiger partial charge in [-0.15, -0.1) is 0 Å². The third kappa shape index (κ3) is 3.37. The monoisotopic (exact) mass is 230 g/mol. The van der Waals surface area contributed by atoms with Gasteiger partial charge in [0.15, 0.2) is 0 Å². The highest BCUT2D eigenvalue weighted by atomic mass is 16.4. The Morgan fingerprint density at radius 2 is 1.94 bits per heavy atom. The quantitative estimate of drug-likeness (QED) is 0.713. The van der Waals surface area contributed by atoms with Crippen LogP contribution in [-0.4, -0.2) is 64.3 Å². The Morgan fingerprint density at radius 3 is 2.38 bits per heavy atom. The van der Waals surface area contributed by atoms with Crippen LogP contribution < -0.4 is 0 Å². The number of carbonyl (C=O) groups excluding carboxylic acids is 1. The lowest BCUT2D eigenvalue weighted by atomic mass is 10.1. The summed E-state index contributed by atoms with van der Waals surface area (Å²) in [7, 11) is 0. The largest absolute Gasteiger partial charge is 0.480 e. The highest BCUT2D eigenvalue weighted by Crippen LogP contribution is 2.11. The second kappa shape index (κ2) is 5.69. The Balaban J connectivity index is 2.51. The minimum atomic E-state index is -1.01. The molecule has 1 rings (SSSR count). The van der Waals surface area contributed by atoms with Gasteiger partial charge in [0.1, 0.15) is 6.54 Å². The summed E-state index contributed by atoms with van der Waals surface area (Å²) in [6, 6.07) is -0.253. The molecular formula is C10H18N2O4. The molecule has 2 N–H and O–H groups in total. The third-order valence-electron chi connectivity index (χ3n) is 2.71. The molecule has 1 fully saturated rings. The van der Waals surface area contributed by atoms with Crippen LogP contribution in [0.2, 0.25) is 0 Å². The van der Waals surface area contributed by atoms with Gasteiger partial charge < -0.3 is 20.0 Å². The molecule has 0 unspecified atom stereocenters. The van der Waals surface area contributed by atoms with E-state index in [0.29, 0.717) is 32.5 Å². The summed E-state index contributed by atoms with van der Waals surface area (Å²) in [4.78, 5) is 25.3. The Labute approximate surface area is 94.4 Å². The number of hydrogen-bond acceptors (Lipinski definition) is 3. The van der Waals surface area contributed by atoms with E-state index < -0.39 is 5.97 Å². The molecule has 0 saturated carbocycles. The van der Waals surface area contributed by atoms with Crippen molar-refractivity contribution in [3.05, 3.63) is 0 Å². The van der Waals surface area contributed by atoms with Crippen LogP contribution in [0, 0.1) is 0 Å². The predicted molar refractivity (Wildman–Crippen MR) is 57.1 cm³/mol. The Morgan fingerprint density at radius 1 is 1.38 bits per heavy atom. The van der Waals surface area contributed by atoms with Crippen molar-refractivity contribution in [1.29, 1.82) is 0 Å². The minimum Gasteiger partial charge on any atom is -0.480 e. The van der Waals surface area contributed by atoms with Gasteiger partial charge in [-0.05, 0) is 19.8 Å². The van der Waals surface area contributed by atoms with Crippen LogP contribution in [0.5, 0.6) is 0 Å². The van der Waals surface area contributed by atoms with Gasteiger partial charge in [-0.25, -0.2) is 4.79 Å². The standard InChI is InChI=1S/C10H18N2O4/c1-2-11(7-9(14)15)10(16)12-5-3-8(13)4-6-12/h8,13H,2-7H2,1H3,(H,14,15). The van der Waals surface area contributed by atoms with E-state index in [9.17, 15) is 14.7 Å². The van der Waals surface area contributed by atoms with Crippen LogP contribution in [0.1, 0.15) is 19.8 Å². The van der Waals surface area contributed by atoms with Crippen LogP contribution in [0.3, 0.4) is 0 Å². The van der Waals surface area contributed by atoms with Crippen molar-refractivity contribution in [2.45, 2.75) is 25.9 Å². The number of carboxylic acid groups (broad SMARTS) is 1. The summed E-state index contributed by atoms with van der Waals surface area (Å²) in [5.41, 5.74) is 0. The first-order valence-corrected chi connectivity index (χ1v) is 5.48. The number of aliphatic hydroxyl groups is 1. The van der Waals surface area contributed by atoms with Gasteiger partial charge in [-0.1, -0.05) is 0 Å². The van der Waals surface area contributed by atoms with Crippen LogP contribution in [0.15, 0.2) is 0 Å². The number of aliphatic hydroxyl groups excluding tert-OH is 1. The summed E-state index contributed by atoms with van der Waals surface area (Å²) in [6.07, 6.45) is 0.797. The average Bonchev–Trinajstić information content (AvgIpc) is 2.25. The number of amides is 2. The molecule has 0 bridgehead atoms. The lowest BCUT2D eigenvalue weighted by Gasteiger charge is -2.33. The minimum absolute atomic E-state index is 0.253. The highest BCUT2D eigenvalue weighted by Gasteiger charge is 2.25. The SMILES string of the molecule is CCN(CC(=O)O)C(=O)N1CCC(O)CC1. The van der Waals surface area contributed by atoms with Gasteiger partial charge >= 0.3 is 12.0 Å². The van der Waals surface area contributed by atoms with E-state index in [2.05, 4.69) is 0 Å². The topological polar surface area (TPSA) is 81.1 Å². The summed E-state index contributed by atoms with van der Waals surface area (Å²) in [5.74, 6) is -1.01. The fourth-order valence-electron chi connectivity index (χ4n) is 1.74. The van der Waals surface area contributed by atoms with Crippen molar-refractivity contribution in [2.24, 2.45) is 0 Å². The molecule has 0 radical (unpaired) electrons. The first-order chi connectivity index (χ1) is 7.54. The fourth-order valence-corrected chi connectivity index (χ4v) is 1.74. The van der Waals surface area contributed by atoms with E-state index in [-0.39, 0.29) is 18.7 Å². The zero-order valence-corrected chi connectivity index (χ0v) is 9.43. The summed E-state index contributed by atoms with van der Waals surface area (Å²) in [6.45, 7) is 2.85. The van der Waals surface area contributed by atoms with Crippen molar-refractivity contribution >= 4 is 12.0 Å². The number of carboxylic acids is 1. The van der Waals surface area contributed by atoms with Gasteiger partial charge in [0.2, 0.25) is 0 Å². The Kier molecular flexibility index (Phi) is 4.54. The molecule has 1 aliphatic heterocycles. The zero-order valence-electron chi connectivity index (χ0n) is 9.43. The normalized spacial score (nSPS) is 17.2. The smallest absolute Gasteiger partial charge is 0.323 e. The number of hydrogen-bond donors (Lipinski definition) is 2. The molecule has 1 aliphatic rings. The molecule has 1 saturated heterocycles. The van der Waals surface area contributed by atoms with Crippen molar-refractivity contribution in [3.8, 4) is 0 Å². The number of aliphatic carboxylic acids is 1. The van der Waals surface area contributed by atoms with Gasteiger partial charge in [0.05, 0.1) is 6.10 Å². The first kappa shape index (κ1) is 12.8. The summed E-state index contributed by atoms with van der Waals surface area (Å²) >= 11 is 0. The molecule has 0 atom stereocenters. The van der Waals surface area contributed by atoms with E-state index in [4.69, 9.17) is 5.11 Å². The highest BCUT2D eigenvalue weighted by molar-refractivity contribution is 5.80. The number of piperidine rings is 1. The Hall–Kier alpha value is -1.30. The van der Waals surface area contributed by atoms with Gasteiger partial charge in [-0.3, -0.25) is 4.79 Å². The van der Waals surface area contributed by atoms with Crippen LogP contribution in [-0.2, 0) is 4.79 Å². The van der Waals surface area contributed by atoms with Gasteiger partial charge in [0, 0.05) is 19.6 Å². The van der Waals surface area contributed by atoms with E-state index in [0.717, 1.165) is 0 Å². The molecule has 0 aromatic heterocycles. The lowest BCUT2D eigenvalue weighted by Crippen LogP contribution is -2.48. The second-order valence-corrected chi connectivity index (χ2v) is 3.91. The third-order valence-corrected chi connectivity index (χ3v) is 2.71. The predicted octanol–water partition coefficient (Wildman–Crippen LogP) is -0.0304. The van der Waals surface area contributed by atoms with E-state index in [1.807, 2.05) is 0 Å². The number of likely N-dealkylation sites (tertiary alicyclic amines) is 1. The lowest BCUT2D eigenvalue weighted by molar-refractivity contribution is -0.137. The number of rotatable bonds is 3. The maximum Gasteiger partial charge on any atom is 0.323 e. The molecule has 6 heteroatoms. The van der Waals surface area contributed by atoms with Gasteiger partial charge in [-0.2, -0.15) is 0 Å². The molecular weight excluding hydrogens is 212 g/mol. The van der Waals surface area contributed by atoms with E-state index >= 15 is 0 Å². The number of likely N-dealkylation sites (N-methyl/N-ethyl adjacent to an activating group) is 1. The number of urea groups is 1. The van der Waals surface area contributed by atoms with Crippen LogP contribution in [0.4, 0.5) is 4.79 Å². The van der Waals surface area contributed by atoms with E-state index in [1.165, 1.54) is 4.90 Å². The van der Waals surface area contributed by atoms with Crippen LogP contribution >= 0.6 is 0 Å². The number of nitrogens with zero attached hydrogens (tertiary/aromatic N) is 2. The van der Waals surface area contributed by atoms with Gasteiger partial charge in [0.25, 0.3) is 0 Å². The molecule has 92 valence electrons. The molecule has 6 nitrogen and oxygen atoms in total. The first-order valence-electron chi connectivity index (χ1n) is 5.48. The fraction of sp³-hybridized carbons (Fsp3) is 0.800. The number of carbonyl (C=O) groups is 2. The summed E-state index contributed by atoms with van der Waals surface area (Å²) < 4.78 is 0. The van der Waals surface area contributed by atoms with Crippen LogP contribution in [0.25, 0.3) is 0 Å².